The lowest BCUT2D eigenvalue weighted by Crippen LogP contribution is -2.59. The molecule has 1 saturated heterocycles. The van der Waals surface area contributed by atoms with Crippen LogP contribution in [0.15, 0.2) is 18.2 Å². The molecule has 2 nitrogen and oxygen atoms in total. The first-order chi connectivity index (χ1) is 9.29. The van der Waals surface area contributed by atoms with E-state index in [1.807, 2.05) is 6.07 Å². The van der Waals surface area contributed by atoms with E-state index in [2.05, 4.69) is 37.9 Å². The fourth-order valence-electron chi connectivity index (χ4n) is 2.90. The van der Waals surface area contributed by atoms with E-state index in [9.17, 15) is 4.39 Å². The highest BCUT2D eigenvalue weighted by atomic mass is 35.5. The minimum absolute atomic E-state index is 0.174. The van der Waals surface area contributed by atoms with Crippen molar-refractivity contribution in [3.63, 3.8) is 0 Å². The predicted octanol–water partition coefficient (Wildman–Crippen LogP) is 3.69. The van der Waals surface area contributed by atoms with Crippen LogP contribution in [0.3, 0.4) is 0 Å². The van der Waals surface area contributed by atoms with Crippen LogP contribution >= 0.6 is 11.6 Å². The molecule has 1 heterocycles. The van der Waals surface area contributed by atoms with Crippen LogP contribution in [0.5, 0.6) is 0 Å². The maximum absolute atomic E-state index is 13.6. The summed E-state index contributed by atoms with van der Waals surface area (Å²) < 4.78 is 13.6. The van der Waals surface area contributed by atoms with Gasteiger partial charge in [-0.1, -0.05) is 44.5 Å². The lowest BCUT2D eigenvalue weighted by atomic mass is 9.83. The molecule has 0 spiro atoms. The molecule has 2 unspecified atom stereocenters. The number of benzene rings is 1. The van der Waals surface area contributed by atoms with Gasteiger partial charge in [-0.2, -0.15) is 0 Å². The van der Waals surface area contributed by atoms with Crippen LogP contribution in [0.2, 0.25) is 5.02 Å². The highest BCUT2D eigenvalue weighted by Gasteiger charge is 2.34. The Morgan fingerprint density at radius 3 is 2.75 bits per heavy atom. The molecule has 0 amide bonds. The van der Waals surface area contributed by atoms with Crippen LogP contribution in [-0.2, 0) is 6.54 Å². The fraction of sp³-hybridized carbons (Fsp3) is 0.625. The normalized spacial score (nSPS) is 24.9. The average molecular weight is 299 g/mol. The lowest BCUT2D eigenvalue weighted by Gasteiger charge is -2.46. The van der Waals surface area contributed by atoms with E-state index < -0.39 is 0 Å². The van der Waals surface area contributed by atoms with Gasteiger partial charge in [-0.3, -0.25) is 4.90 Å². The third-order valence-corrected chi connectivity index (χ3v) is 4.44. The Labute approximate surface area is 126 Å². The molecule has 1 fully saturated rings. The molecule has 4 heteroatoms. The number of rotatable bonds is 2. The molecule has 1 aromatic carbocycles. The maximum Gasteiger partial charge on any atom is 0.142 e. The smallest absolute Gasteiger partial charge is 0.142 e. The quantitative estimate of drug-likeness (QED) is 0.896. The number of piperazine rings is 1. The summed E-state index contributed by atoms with van der Waals surface area (Å²) in [5, 5.41) is 3.79. The first-order valence-electron chi connectivity index (χ1n) is 7.19. The average Bonchev–Trinajstić information content (AvgIpc) is 2.33. The monoisotopic (exact) mass is 298 g/mol. The van der Waals surface area contributed by atoms with Gasteiger partial charge >= 0.3 is 0 Å². The molecule has 0 bridgehead atoms. The van der Waals surface area contributed by atoms with Crippen molar-refractivity contribution >= 4 is 11.6 Å². The molecule has 1 aliphatic rings. The maximum atomic E-state index is 13.6. The van der Waals surface area contributed by atoms with Gasteiger partial charge in [0.25, 0.3) is 0 Å². The SMILES string of the molecule is CC1CN(Cc2cccc(F)c2Cl)C(C(C)(C)C)CN1. The molecule has 2 atom stereocenters. The van der Waals surface area contributed by atoms with Gasteiger partial charge < -0.3 is 5.32 Å². The van der Waals surface area contributed by atoms with Gasteiger partial charge in [-0.25, -0.2) is 4.39 Å². The second-order valence-electron chi connectivity index (χ2n) is 6.83. The molecule has 1 aromatic rings. The van der Waals surface area contributed by atoms with Crippen LogP contribution < -0.4 is 5.32 Å². The van der Waals surface area contributed by atoms with Gasteiger partial charge in [0.1, 0.15) is 5.82 Å². The van der Waals surface area contributed by atoms with E-state index in [0.29, 0.717) is 18.6 Å². The van der Waals surface area contributed by atoms with Gasteiger partial charge in [0.05, 0.1) is 5.02 Å². The van der Waals surface area contributed by atoms with E-state index in [-0.39, 0.29) is 16.3 Å². The Balaban J connectivity index is 2.21. The zero-order chi connectivity index (χ0) is 14.9. The number of hydrogen-bond donors (Lipinski definition) is 1. The highest BCUT2D eigenvalue weighted by molar-refractivity contribution is 6.31. The molecule has 0 saturated carbocycles. The van der Waals surface area contributed by atoms with Crippen LogP contribution in [0, 0.1) is 11.2 Å². The molecular formula is C16H24ClFN2. The Morgan fingerprint density at radius 1 is 1.40 bits per heavy atom. The summed E-state index contributed by atoms with van der Waals surface area (Å²) in [5.41, 5.74) is 1.04. The number of nitrogens with zero attached hydrogens (tertiary/aromatic N) is 1. The van der Waals surface area contributed by atoms with Crippen LogP contribution in [0.25, 0.3) is 0 Å². The summed E-state index contributed by atoms with van der Waals surface area (Å²) >= 11 is 6.09. The Kier molecular flexibility index (Phi) is 4.73. The molecule has 1 N–H and O–H groups in total. The predicted molar refractivity (Wildman–Crippen MR) is 82.5 cm³/mol. The van der Waals surface area contributed by atoms with E-state index in [1.54, 1.807) is 6.07 Å². The highest BCUT2D eigenvalue weighted by Crippen LogP contribution is 2.29. The summed E-state index contributed by atoms with van der Waals surface area (Å²) in [7, 11) is 0. The standard InChI is InChI=1S/C16H24ClFN2/c1-11-9-20(14(8-19-11)16(2,3)4)10-12-6-5-7-13(18)15(12)17/h5-7,11,14,19H,8-10H2,1-4H3. The topological polar surface area (TPSA) is 15.3 Å². The van der Waals surface area contributed by atoms with Crippen molar-refractivity contribution in [3.8, 4) is 0 Å². The summed E-state index contributed by atoms with van der Waals surface area (Å²) in [6, 6.07) is 5.92. The van der Waals surface area contributed by atoms with Crippen molar-refractivity contribution in [3.05, 3.63) is 34.6 Å². The lowest BCUT2D eigenvalue weighted by molar-refractivity contribution is 0.0526. The van der Waals surface area contributed by atoms with E-state index in [4.69, 9.17) is 11.6 Å². The molecule has 1 aliphatic heterocycles. The molecular weight excluding hydrogens is 275 g/mol. The van der Waals surface area contributed by atoms with Crippen LogP contribution in [0.1, 0.15) is 33.3 Å². The largest absolute Gasteiger partial charge is 0.311 e. The van der Waals surface area contributed by atoms with Gasteiger partial charge in [0.15, 0.2) is 0 Å². The number of nitrogens with one attached hydrogen (secondary N) is 1. The van der Waals surface area contributed by atoms with Crippen molar-refractivity contribution in [1.82, 2.24) is 10.2 Å². The second-order valence-corrected chi connectivity index (χ2v) is 7.21. The third kappa shape index (κ3) is 3.51. The Bertz CT molecular complexity index is 470. The number of halogens is 2. The van der Waals surface area contributed by atoms with Crippen LogP contribution in [0.4, 0.5) is 4.39 Å². The fourth-order valence-corrected chi connectivity index (χ4v) is 3.09. The first-order valence-corrected chi connectivity index (χ1v) is 7.57. The van der Waals surface area contributed by atoms with Crippen molar-refractivity contribution in [1.29, 1.82) is 0 Å². The van der Waals surface area contributed by atoms with E-state index >= 15 is 0 Å². The summed E-state index contributed by atoms with van der Waals surface area (Å²) in [6.45, 7) is 11.5. The van der Waals surface area contributed by atoms with Gasteiger partial charge in [0, 0.05) is 31.7 Å². The van der Waals surface area contributed by atoms with Crippen molar-refractivity contribution in [2.75, 3.05) is 13.1 Å². The van der Waals surface area contributed by atoms with Crippen LogP contribution in [-0.4, -0.2) is 30.1 Å². The molecule has 2 rings (SSSR count). The van der Waals surface area contributed by atoms with Crippen molar-refractivity contribution in [2.45, 2.75) is 46.3 Å². The minimum atomic E-state index is -0.334. The molecule has 112 valence electrons. The molecule has 20 heavy (non-hydrogen) atoms. The van der Waals surface area contributed by atoms with Gasteiger partial charge in [-0.15, -0.1) is 0 Å². The van der Waals surface area contributed by atoms with Crippen molar-refractivity contribution in [2.24, 2.45) is 5.41 Å². The minimum Gasteiger partial charge on any atom is -0.311 e. The molecule has 0 aliphatic carbocycles. The van der Waals surface area contributed by atoms with Crippen molar-refractivity contribution < 1.29 is 4.39 Å². The third-order valence-electron chi connectivity index (χ3n) is 4.01. The summed E-state index contributed by atoms with van der Waals surface area (Å²) in [6.07, 6.45) is 0. The van der Waals surface area contributed by atoms with Gasteiger partial charge in [-0.05, 0) is 24.0 Å². The van der Waals surface area contributed by atoms with E-state index in [1.165, 1.54) is 6.07 Å². The molecule has 0 radical (unpaired) electrons. The molecule has 0 aromatic heterocycles. The Hall–Kier alpha value is -0.640. The zero-order valence-electron chi connectivity index (χ0n) is 12.7. The van der Waals surface area contributed by atoms with E-state index in [0.717, 1.165) is 18.7 Å². The summed E-state index contributed by atoms with van der Waals surface area (Å²) in [5.74, 6) is -0.334. The second kappa shape index (κ2) is 6.00. The van der Waals surface area contributed by atoms with Gasteiger partial charge in [0.2, 0.25) is 0 Å². The number of hydrogen-bond acceptors (Lipinski definition) is 2. The summed E-state index contributed by atoms with van der Waals surface area (Å²) in [4.78, 5) is 2.42. The zero-order valence-corrected chi connectivity index (χ0v) is 13.5. The Morgan fingerprint density at radius 2 is 2.10 bits per heavy atom. The first kappa shape index (κ1) is 15.7.